The molecule has 1 heterocycles. The maximum Gasteiger partial charge on any atom is 0.304 e. The third-order valence-corrected chi connectivity index (χ3v) is 3.03. The Hall–Kier alpha value is -2.08. The van der Waals surface area contributed by atoms with E-state index in [4.69, 9.17) is 9.84 Å². The van der Waals surface area contributed by atoms with Gasteiger partial charge in [0.15, 0.2) is 0 Å². The number of piperazine rings is 1. The predicted molar refractivity (Wildman–Crippen MR) is 69.4 cm³/mol. The maximum atomic E-state index is 11.9. The van der Waals surface area contributed by atoms with Crippen LogP contribution in [0, 0.1) is 0 Å². The lowest BCUT2D eigenvalue weighted by molar-refractivity contribution is -0.138. The van der Waals surface area contributed by atoms with Crippen LogP contribution in [0.15, 0.2) is 24.3 Å². The van der Waals surface area contributed by atoms with E-state index in [0.29, 0.717) is 12.3 Å². The first-order valence-electron chi connectivity index (χ1n) is 5.99. The number of hydrogen-bond acceptors (Lipinski definition) is 4. The van der Waals surface area contributed by atoms with E-state index in [9.17, 15) is 9.59 Å². The van der Waals surface area contributed by atoms with Crippen molar-refractivity contribution in [1.82, 2.24) is 5.32 Å². The minimum Gasteiger partial charge on any atom is -0.497 e. The minimum absolute atomic E-state index is 0.00620. The highest BCUT2D eigenvalue weighted by atomic mass is 16.5. The van der Waals surface area contributed by atoms with E-state index in [1.165, 1.54) is 0 Å². The van der Waals surface area contributed by atoms with E-state index >= 15 is 0 Å². The molecule has 1 atom stereocenters. The van der Waals surface area contributed by atoms with E-state index in [2.05, 4.69) is 5.32 Å². The maximum absolute atomic E-state index is 11.9. The van der Waals surface area contributed by atoms with Gasteiger partial charge in [-0.1, -0.05) is 6.07 Å². The van der Waals surface area contributed by atoms with E-state index in [1.807, 2.05) is 6.07 Å². The molecule has 0 radical (unpaired) electrons. The van der Waals surface area contributed by atoms with Crippen molar-refractivity contribution < 1.29 is 19.4 Å². The number of benzene rings is 1. The highest BCUT2D eigenvalue weighted by Crippen LogP contribution is 2.22. The number of ether oxygens (including phenoxy) is 1. The Labute approximate surface area is 111 Å². The van der Waals surface area contributed by atoms with Gasteiger partial charge < -0.3 is 20.1 Å². The van der Waals surface area contributed by atoms with Crippen LogP contribution in [0.25, 0.3) is 0 Å². The minimum atomic E-state index is -0.877. The van der Waals surface area contributed by atoms with Crippen LogP contribution < -0.4 is 15.0 Å². The summed E-state index contributed by atoms with van der Waals surface area (Å²) >= 11 is 0. The zero-order valence-electron chi connectivity index (χ0n) is 10.6. The molecule has 6 nitrogen and oxygen atoms in total. The van der Waals surface area contributed by atoms with Gasteiger partial charge in [-0.2, -0.15) is 0 Å². The highest BCUT2D eigenvalue weighted by Gasteiger charge is 2.27. The highest BCUT2D eigenvalue weighted by molar-refractivity contribution is 5.96. The van der Waals surface area contributed by atoms with Gasteiger partial charge in [0.05, 0.1) is 20.1 Å². The topological polar surface area (TPSA) is 78.9 Å². The summed E-state index contributed by atoms with van der Waals surface area (Å²) in [6.07, 6.45) is -0.00620. The van der Waals surface area contributed by atoms with Gasteiger partial charge in [0.25, 0.3) is 0 Å². The van der Waals surface area contributed by atoms with Gasteiger partial charge in [0.2, 0.25) is 5.91 Å². The fourth-order valence-electron chi connectivity index (χ4n) is 2.09. The molecule has 0 bridgehead atoms. The summed E-state index contributed by atoms with van der Waals surface area (Å²) < 4.78 is 5.12. The molecule has 0 aromatic heterocycles. The normalized spacial score (nSPS) is 19.3. The zero-order valence-corrected chi connectivity index (χ0v) is 10.6. The summed E-state index contributed by atoms with van der Waals surface area (Å²) in [5.41, 5.74) is 0.723. The first-order chi connectivity index (χ1) is 9.10. The Morgan fingerprint density at radius 3 is 3.05 bits per heavy atom. The van der Waals surface area contributed by atoms with E-state index in [0.717, 1.165) is 5.69 Å². The third kappa shape index (κ3) is 3.23. The predicted octanol–water partition coefficient (Wildman–Crippen LogP) is 0.475. The molecule has 1 unspecified atom stereocenters. The van der Waals surface area contributed by atoms with Crippen LogP contribution in [-0.4, -0.2) is 43.2 Å². The summed E-state index contributed by atoms with van der Waals surface area (Å²) in [6.45, 7) is 0.494. The molecule has 1 fully saturated rings. The van der Waals surface area contributed by atoms with E-state index < -0.39 is 5.97 Å². The Kier molecular flexibility index (Phi) is 4.01. The molecule has 1 aromatic carbocycles. The van der Waals surface area contributed by atoms with Crippen LogP contribution in [0.1, 0.15) is 6.42 Å². The van der Waals surface area contributed by atoms with Crippen molar-refractivity contribution >= 4 is 17.6 Å². The molecule has 1 amide bonds. The molecule has 19 heavy (non-hydrogen) atoms. The van der Waals surface area contributed by atoms with Crippen molar-refractivity contribution in [2.24, 2.45) is 0 Å². The van der Waals surface area contributed by atoms with Gasteiger partial charge in [-0.05, 0) is 12.1 Å². The van der Waals surface area contributed by atoms with Gasteiger partial charge in [-0.25, -0.2) is 0 Å². The van der Waals surface area contributed by atoms with Crippen molar-refractivity contribution in [3.05, 3.63) is 24.3 Å². The number of anilines is 1. The van der Waals surface area contributed by atoms with Gasteiger partial charge in [0, 0.05) is 24.3 Å². The fraction of sp³-hybridized carbons (Fsp3) is 0.385. The molecule has 0 aliphatic carbocycles. The second-order valence-electron chi connectivity index (χ2n) is 4.38. The summed E-state index contributed by atoms with van der Waals surface area (Å²) in [6, 6.07) is 6.94. The number of carboxylic acid groups (broad SMARTS) is 1. The van der Waals surface area contributed by atoms with Gasteiger partial charge in [-0.15, -0.1) is 0 Å². The third-order valence-electron chi connectivity index (χ3n) is 3.03. The summed E-state index contributed by atoms with van der Waals surface area (Å²) in [5, 5.41) is 11.7. The number of amides is 1. The number of nitrogens with one attached hydrogen (secondary N) is 1. The average molecular weight is 264 g/mol. The Morgan fingerprint density at radius 1 is 1.58 bits per heavy atom. The molecule has 0 saturated carbocycles. The number of nitrogens with zero attached hydrogens (tertiary/aromatic N) is 1. The van der Waals surface area contributed by atoms with Crippen LogP contribution in [0.2, 0.25) is 0 Å². The molecule has 0 spiro atoms. The number of rotatable bonds is 4. The largest absolute Gasteiger partial charge is 0.497 e. The molecule has 1 saturated heterocycles. The van der Waals surface area contributed by atoms with Crippen molar-refractivity contribution in [3.63, 3.8) is 0 Å². The first-order valence-corrected chi connectivity index (χ1v) is 5.99. The molecule has 1 aromatic rings. The standard InChI is InChI=1S/C13H16N2O4/c1-19-11-4-2-3-10(6-11)15-8-9(5-13(17)18)14-7-12(15)16/h2-4,6,9,14H,5,7-8H2,1H3,(H,17,18). The SMILES string of the molecule is COc1cccc(N2CC(CC(=O)O)NCC2=O)c1. The number of aliphatic carboxylic acids is 1. The zero-order chi connectivity index (χ0) is 13.8. The molecule has 102 valence electrons. The number of carbonyl (C=O) groups is 2. The molecular weight excluding hydrogens is 248 g/mol. The molecule has 6 heteroatoms. The van der Waals surface area contributed by atoms with E-state index in [1.54, 1.807) is 30.2 Å². The number of hydrogen-bond donors (Lipinski definition) is 2. The molecule has 1 aliphatic rings. The first kappa shape index (κ1) is 13.4. The second-order valence-corrected chi connectivity index (χ2v) is 4.38. The van der Waals surface area contributed by atoms with Crippen LogP contribution in [0.4, 0.5) is 5.69 Å². The van der Waals surface area contributed by atoms with E-state index in [-0.39, 0.29) is 24.9 Å². The van der Waals surface area contributed by atoms with Crippen molar-refractivity contribution in [3.8, 4) is 5.75 Å². The Bertz CT molecular complexity index is 489. The lowest BCUT2D eigenvalue weighted by atomic mass is 10.1. The molecule has 2 rings (SSSR count). The number of carbonyl (C=O) groups excluding carboxylic acids is 1. The second kappa shape index (κ2) is 5.71. The summed E-state index contributed by atoms with van der Waals surface area (Å²) in [7, 11) is 1.56. The van der Waals surface area contributed by atoms with Crippen molar-refractivity contribution in [2.45, 2.75) is 12.5 Å². The van der Waals surface area contributed by atoms with Gasteiger partial charge in [0.1, 0.15) is 5.75 Å². The molecule has 2 N–H and O–H groups in total. The van der Waals surface area contributed by atoms with Gasteiger partial charge >= 0.3 is 5.97 Å². The monoisotopic (exact) mass is 264 g/mol. The molecule has 1 aliphatic heterocycles. The van der Waals surface area contributed by atoms with Crippen LogP contribution in [-0.2, 0) is 9.59 Å². The van der Waals surface area contributed by atoms with Crippen molar-refractivity contribution in [1.29, 1.82) is 0 Å². The van der Waals surface area contributed by atoms with Crippen LogP contribution in [0.3, 0.4) is 0 Å². The average Bonchev–Trinajstić information content (AvgIpc) is 2.40. The Morgan fingerprint density at radius 2 is 2.37 bits per heavy atom. The smallest absolute Gasteiger partial charge is 0.304 e. The molecular formula is C13H16N2O4. The number of methoxy groups -OCH3 is 1. The fourth-order valence-corrected chi connectivity index (χ4v) is 2.09. The number of carboxylic acids is 1. The van der Waals surface area contributed by atoms with Crippen LogP contribution in [0.5, 0.6) is 5.75 Å². The lowest BCUT2D eigenvalue weighted by Crippen LogP contribution is -2.54. The van der Waals surface area contributed by atoms with Gasteiger partial charge in [-0.3, -0.25) is 9.59 Å². The quantitative estimate of drug-likeness (QED) is 0.826. The summed E-state index contributed by atoms with van der Waals surface area (Å²) in [5.74, 6) is -0.286. The van der Waals surface area contributed by atoms with Crippen LogP contribution >= 0.6 is 0 Å². The Balaban J connectivity index is 2.16. The lowest BCUT2D eigenvalue weighted by Gasteiger charge is -2.33. The van der Waals surface area contributed by atoms with Crippen molar-refractivity contribution in [2.75, 3.05) is 25.1 Å². The summed E-state index contributed by atoms with van der Waals surface area (Å²) in [4.78, 5) is 24.2.